The molecule has 2 aromatic heterocycles. The summed E-state index contributed by atoms with van der Waals surface area (Å²) in [5, 5.41) is 1.05. The van der Waals surface area contributed by atoms with Gasteiger partial charge >= 0.3 is 0 Å². The molecular formula is C13H9Cl3N2S2. The number of aromatic amines is 1. The topological polar surface area (TPSA) is 20.7 Å². The van der Waals surface area contributed by atoms with E-state index in [1.54, 1.807) is 17.4 Å². The molecule has 0 amide bonds. The summed E-state index contributed by atoms with van der Waals surface area (Å²) in [5.41, 5.74) is 1.86. The van der Waals surface area contributed by atoms with Crippen LogP contribution in [-0.4, -0.2) is 9.55 Å². The Morgan fingerprint density at radius 1 is 1.15 bits per heavy atom. The summed E-state index contributed by atoms with van der Waals surface area (Å²) in [6, 6.07) is 7.59. The van der Waals surface area contributed by atoms with E-state index < -0.39 is 0 Å². The summed E-state index contributed by atoms with van der Waals surface area (Å²) in [7, 11) is 0. The molecule has 0 aliphatic heterocycles. The van der Waals surface area contributed by atoms with E-state index in [0.29, 0.717) is 14.8 Å². The van der Waals surface area contributed by atoms with Crippen LogP contribution in [0.4, 0.5) is 0 Å². The molecular weight excluding hydrogens is 355 g/mol. The molecule has 3 aromatic rings. The van der Waals surface area contributed by atoms with Crippen molar-refractivity contribution in [1.82, 2.24) is 9.55 Å². The molecule has 1 N–H and O–H groups in total. The lowest BCUT2D eigenvalue weighted by Crippen LogP contribution is -2.00. The van der Waals surface area contributed by atoms with Crippen molar-refractivity contribution in [3.05, 3.63) is 48.3 Å². The molecule has 0 fully saturated rings. The summed E-state index contributed by atoms with van der Waals surface area (Å²) in [6.45, 7) is 0.771. The smallest absolute Gasteiger partial charge is 0.178 e. The molecule has 104 valence electrons. The minimum Gasteiger partial charge on any atom is -0.331 e. The van der Waals surface area contributed by atoms with E-state index in [4.69, 9.17) is 47.0 Å². The lowest BCUT2D eigenvalue weighted by Gasteiger charge is -2.04. The van der Waals surface area contributed by atoms with Gasteiger partial charge in [-0.05, 0) is 42.9 Å². The van der Waals surface area contributed by atoms with Crippen molar-refractivity contribution in [1.29, 1.82) is 0 Å². The number of rotatable bonds is 3. The first-order chi connectivity index (χ1) is 9.54. The molecule has 7 heteroatoms. The van der Waals surface area contributed by atoms with E-state index in [2.05, 4.69) is 4.98 Å². The lowest BCUT2D eigenvalue weighted by atomic mass is 10.3. The second-order valence-electron chi connectivity index (χ2n) is 4.32. The van der Waals surface area contributed by atoms with Crippen molar-refractivity contribution in [2.75, 3.05) is 0 Å². The van der Waals surface area contributed by atoms with Gasteiger partial charge in [-0.3, -0.25) is 0 Å². The Bertz CT molecular complexity index is 832. The van der Waals surface area contributed by atoms with Crippen LogP contribution in [0, 0.1) is 4.77 Å². The Hall–Kier alpha value is -0.520. The molecule has 1 aromatic carbocycles. The zero-order chi connectivity index (χ0) is 14.3. The van der Waals surface area contributed by atoms with Crippen LogP contribution in [-0.2, 0) is 13.0 Å². The molecule has 0 radical (unpaired) electrons. The molecule has 0 bridgehead atoms. The van der Waals surface area contributed by atoms with Gasteiger partial charge in [0.15, 0.2) is 4.77 Å². The number of nitrogens with zero attached hydrogens (tertiary/aromatic N) is 1. The number of halogens is 3. The van der Waals surface area contributed by atoms with Crippen LogP contribution >= 0.6 is 58.4 Å². The Morgan fingerprint density at radius 2 is 1.90 bits per heavy atom. The Morgan fingerprint density at radius 3 is 2.60 bits per heavy atom. The van der Waals surface area contributed by atoms with Gasteiger partial charge in [0.1, 0.15) is 0 Å². The van der Waals surface area contributed by atoms with Crippen molar-refractivity contribution >= 4 is 69.4 Å². The van der Waals surface area contributed by atoms with E-state index in [1.807, 2.05) is 22.8 Å². The summed E-state index contributed by atoms with van der Waals surface area (Å²) in [5.74, 6) is 0. The molecule has 0 atom stereocenters. The molecule has 0 aliphatic carbocycles. The number of aromatic nitrogens is 2. The highest BCUT2D eigenvalue weighted by Gasteiger charge is 2.08. The SMILES string of the molecule is S=c1[nH]c2cc(Cl)c(Cl)cc2n1CCc1ccc(Cl)s1. The van der Waals surface area contributed by atoms with Gasteiger partial charge in [0.05, 0.1) is 25.4 Å². The van der Waals surface area contributed by atoms with E-state index in [1.165, 1.54) is 4.88 Å². The van der Waals surface area contributed by atoms with Crippen molar-refractivity contribution in [3.63, 3.8) is 0 Å². The maximum absolute atomic E-state index is 6.08. The quantitative estimate of drug-likeness (QED) is 0.569. The number of benzene rings is 1. The highest BCUT2D eigenvalue weighted by Crippen LogP contribution is 2.28. The third-order valence-electron chi connectivity index (χ3n) is 3.03. The van der Waals surface area contributed by atoms with E-state index >= 15 is 0 Å². The summed E-state index contributed by atoms with van der Waals surface area (Å²) in [6.07, 6.45) is 0.874. The van der Waals surface area contributed by atoms with Crippen LogP contribution in [0.25, 0.3) is 11.0 Å². The maximum Gasteiger partial charge on any atom is 0.178 e. The minimum absolute atomic E-state index is 0.521. The molecule has 0 unspecified atom stereocenters. The van der Waals surface area contributed by atoms with Crippen LogP contribution in [0.1, 0.15) is 4.88 Å². The van der Waals surface area contributed by atoms with Crippen LogP contribution in [0.15, 0.2) is 24.3 Å². The number of hydrogen-bond donors (Lipinski definition) is 1. The second-order valence-corrected chi connectivity index (χ2v) is 7.32. The van der Waals surface area contributed by atoms with Gasteiger partial charge < -0.3 is 9.55 Å². The van der Waals surface area contributed by atoms with Gasteiger partial charge in [0.25, 0.3) is 0 Å². The van der Waals surface area contributed by atoms with Gasteiger partial charge in [-0.15, -0.1) is 11.3 Å². The van der Waals surface area contributed by atoms with Crippen LogP contribution < -0.4 is 0 Å². The first-order valence-electron chi connectivity index (χ1n) is 5.86. The van der Waals surface area contributed by atoms with E-state index in [9.17, 15) is 0 Å². The molecule has 0 saturated heterocycles. The first kappa shape index (κ1) is 14.4. The molecule has 2 heterocycles. The second kappa shape index (κ2) is 5.70. The summed E-state index contributed by atoms with van der Waals surface area (Å²) >= 11 is 25.0. The third kappa shape index (κ3) is 2.76. The number of fused-ring (bicyclic) bond motifs is 1. The Kier molecular flexibility index (Phi) is 4.11. The molecule has 0 saturated carbocycles. The number of thiophene rings is 1. The molecule has 2 nitrogen and oxygen atoms in total. The Balaban J connectivity index is 1.96. The zero-order valence-electron chi connectivity index (χ0n) is 10.1. The lowest BCUT2D eigenvalue weighted by molar-refractivity contribution is 0.712. The van der Waals surface area contributed by atoms with Gasteiger partial charge in [0, 0.05) is 11.4 Å². The van der Waals surface area contributed by atoms with Crippen LogP contribution in [0.3, 0.4) is 0 Å². The largest absolute Gasteiger partial charge is 0.331 e. The van der Waals surface area contributed by atoms with E-state index in [-0.39, 0.29) is 0 Å². The number of nitrogens with one attached hydrogen (secondary N) is 1. The Labute approximate surface area is 139 Å². The van der Waals surface area contributed by atoms with Crippen LogP contribution in [0.2, 0.25) is 14.4 Å². The predicted molar refractivity (Wildman–Crippen MR) is 90.2 cm³/mol. The fourth-order valence-electron chi connectivity index (χ4n) is 2.08. The number of hydrogen-bond acceptors (Lipinski definition) is 2. The fourth-order valence-corrected chi connectivity index (χ4v) is 3.78. The molecule has 3 rings (SSSR count). The highest BCUT2D eigenvalue weighted by atomic mass is 35.5. The van der Waals surface area contributed by atoms with Gasteiger partial charge in [-0.25, -0.2) is 0 Å². The van der Waals surface area contributed by atoms with Gasteiger partial charge in [-0.1, -0.05) is 34.8 Å². The monoisotopic (exact) mass is 362 g/mol. The van der Waals surface area contributed by atoms with Crippen molar-refractivity contribution in [2.24, 2.45) is 0 Å². The highest BCUT2D eigenvalue weighted by molar-refractivity contribution is 7.71. The number of aryl methyl sites for hydroxylation is 2. The number of H-pyrrole nitrogens is 1. The minimum atomic E-state index is 0.521. The standard InChI is InChI=1S/C13H9Cl3N2S2/c14-8-5-10-11(6-9(8)15)18(13(19)17-10)4-3-7-1-2-12(16)20-7/h1-2,5-6H,3-4H2,(H,17,19). The van der Waals surface area contributed by atoms with Crippen molar-refractivity contribution in [3.8, 4) is 0 Å². The van der Waals surface area contributed by atoms with Gasteiger partial charge in [-0.2, -0.15) is 0 Å². The first-order valence-corrected chi connectivity index (χ1v) is 8.22. The maximum atomic E-state index is 6.08. The average Bonchev–Trinajstić information content (AvgIpc) is 2.92. The zero-order valence-corrected chi connectivity index (χ0v) is 14.0. The van der Waals surface area contributed by atoms with Crippen molar-refractivity contribution in [2.45, 2.75) is 13.0 Å². The predicted octanol–water partition coefficient (Wildman–Crippen LogP) is 5.96. The summed E-state index contributed by atoms with van der Waals surface area (Å²) in [4.78, 5) is 4.38. The normalized spacial score (nSPS) is 11.3. The average molecular weight is 364 g/mol. The number of imidazole rings is 1. The molecule has 0 aliphatic rings. The molecule has 20 heavy (non-hydrogen) atoms. The molecule has 0 spiro atoms. The fraction of sp³-hybridized carbons (Fsp3) is 0.154. The van der Waals surface area contributed by atoms with Crippen LogP contribution in [0.5, 0.6) is 0 Å². The summed E-state index contributed by atoms with van der Waals surface area (Å²) < 4.78 is 3.50. The van der Waals surface area contributed by atoms with Crippen molar-refractivity contribution < 1.29 is 0 Å². The third-order valence-corrected chi connectivity index (χ3v) is 5.36. The van der Waals surface area contributed by atoms with Gasteiger partial charge in [0.2, 0.25) is 0 Å². The van der Waals surface area contributed by atoms with E-state index in [0.717, 1.165) is 28.3 Å².